The molecular weight excluding hydrogens is 545 g/mol. The topological polar surface area (TPSA) is 78.7 Å². The van der Waals surface area contributed by atoms with E-state index in [9.17, 15) is 14.7 Å². The predicted molar refractivity (Wildman–Crippen MR) is 156 cm³/mol. The number of likely N-dealkylation sites (N-methyl/N-ethyl adjacent to an activating group) is 1. The lowest BCUT2D eigenvalue weighted by Crippen LogP contribution is -2.57. The first kappa shape index (κ1) is 27.8. The van der Waals surface area contributed by atoms with Gasteiger partial charge in [-0.15, -0.1) is 0 Å². The molecule has 2 atom stereocenters. The molecule has 4 heterocycles. The minimum absolute atomic E-state index is 0.0103. The molecule has 0 unspecified atom stereocenters. The van der Waals surface area contributed by atoms with Crippen LogP contribution in [0.15, 0.2) is 41.3 Å². The van der Waals surface area contributed by atoms with Crippen molar-refractivity contribution in [2.24, 2.45) is 5.92 Å². The lowest BCUT2D eigenvalue weighted by Gasteiger charge is -2.46. The monoisotopic (exact) mass is 576 g/mol. The van der Waals surface area contributed by atoms with Crippen molar-refractivity contribution in [2.75, 3.05) is 23.4 Å². The number of carbonyl (C=O) groups excluding carboxylic acids is 1. The van der Waals surface area contributed by atoms with Crippen LogP contribution in [-0.4, -0.2) is 40.2 Å². The molecule has 0 saturated carbocycles. The van der Waals surface area contributed by atoms with Gasteiger partial charge in [-0.3, -0.25) is 19.1 Å². The number of anilines is 2. The maximum absolute atomic E-state index is 17.0. The van der Waals surface area contributed by atoms with Crippen LogP contribution in [0.2, 0.25) is 0 Å². The largest absolute Gasteiger partial charge is 0.507 e. The zero-order valence-corrected chi connectivity index (χ0v) is 24.0. The number of phenols is 1. The van der Waals surface area contributed by atoms with Crippen molar-refractivity contribution in [1.29, 1.82) is 0 Å². The third-order valence-electron chi connectivity index (χ3n) is 8.52. The number of benzene rings is 2. The molecule has 0 radical (unpaired) electrons. The third-order valence-corrected chi connectivity index (χ3v) is 8.52. The van der Waals surface area contributed by atoms with Crippen LogP contribution in [-0.2, 0) is 4.79 Å². The molecule has 0 spiro atoms. The Labute approximate surface area is 240 Å². The van der Waals surface area contributed by atoms with Crippen LogP contribution in [0.4, 0.5) is 24.5 Å². The van der Waals surface area contributed by atoms with Gasteiger partial charge in [-0.25, -0.2) is 13.2 Å². The molecule has 2 aliphatic heterocycles. The highest BCUT2D eigenvalue weighted by Crippen LogP contribution is 2.47. The van der Waals surface area contributed by atoms with Crippen molar-refractivity contribution in [3.8, 4) is 22.6 Å². The van der Waals surface area contributed by atoms with Crippen LogP contribution >= 0.6 is 0 Å². The number of aryl methyl sites for hydroxylation is 1. The molecule has 2 aromatic heterocycles. The fourth-order valence-corrected chi connectivity index (χ4v) is 6.51. The SMILES string of the molecule is Cc1ccnc(C(C)C)c1-n1c(=O)c2c(c3cc(F)c(-c4c(O)cccc4F)c(F)c31)N1C[C@@H](C)CC[C@@H]1C(=O)N2C. The van der Waals surface area contributed by atoms with Crippen LogP contribution in [0.5, 0.6) is 5.75 Å². The van der Waals surface area contributed by atoms with Gasteiger partial charge >= 0.3 is 0 Å². The fraction of sp³-hybridized carbons (Fsp3) is 0.344. The van der Waals surface area contributed by atoms with E-state index >= 15 is 13.2 Å². The molecular formula is C32H31F3N4O3. The quantitative estimate of drug-likeness (QED) is 0.315. The number of hydrogen-bond acceptors (Lipinski definition) is 5. The Kier molecular flexibility index (Phi) is 6.55. The van der Waals surface area contributed by atoms with E-state index in [1.165, 1.54) is 18.0 Å². The van der Waals surface area contributed by atoms with E-state index in [0.29, 0.717) is 29.9 Å². The molecule has 218 valence electrons. The molecule has 10 heteroatoms. The lowest BCUT2D eigenvalue weighted by atomic mass is 9.89. The molecule has 1 saturated heterocycles. The van der Waals surface area contributed by atoms with Gasteiger partial charge in [0.1, 0.15) is 29.1 Å². The van der Waals surface area contributed by atoms with Gasteiger partial charge in [0.05, 0.1) is 33.7 Å². The minimum atomic E-state index is -1.20. The summed E-state index contributed by atoms with van der Waals surface area (Å²) in [6.45, 7) is 7.95. The number of aromatic hydroxyl groups is 1. The first-order chi connectivity index (χ1) is 19.9. The van der Waals surface area contributed by atoms with Crippen LogP contribution in [0.3, 0.4) is 0 Å². The van der Waals surface area contributed by atoms with Crippen LogP contribution in [0.25, 0.3) is 27.7 Å². The van der Waals surface area contributed by atoms with Gasteiger partial charge in [0.15, 0.2) is 5.82 Å². The Morgan fingerprint density at radius 1 is 1.00 bits per heavy atom. The number of amides is 1. The fourth-order valence-electron chi connectivity index (χ4n) is 6.51. The number of piperidine rings is 1. The molecule has 1 N–H and O–H groups in total. The van der Waals surface area contributed by atoms with Crippen molar-refractivity contribution in [3.05, 3.63) is 75.6 Å². The van der Waals surface area contributed by atoms with E-state index in [4.69, 9.17) is 0 Å². The third kappa shape index (κ3) is 3.91. The summed E-state index contributed by atoms with van der Waals surface area (Å²) in [5.74, 6) is -4.27. The summed E-state index contributed by atoms with van der Waals surface area (Å²) in [5.41, 5.74) is -0.729. The second-order valence-electron chi connectivity index (χ2n) is 11.7. The maximum Gasteiger partial charge on any atom is 0.281 e. The maximum atomic E-state index is 17.0. The summed E-state index contributed by atoms with van der Waals surface area (Å²) >= 11 is 0. The molecule has 42 heavy (non-hydrogen) atoms. The van der Waals surface area contributed by atoms with E-state index < -0.39 is 45.9 Å². The number of nitrogens with zero attached hydrogens (tertiary/aromatic N) is 4. The summed E-state index contributed by atoms with van der Waals surface area (Å²) < 4.78 is 49.3. The summed E-state index contributed by atoms with van der Waals surface area (Å²) in [4.78, 5) is 35.8. The van der Waals surface area contributed by atoms with Crippen molar-refractivity contribution in [2.45, 2.75) is 52.5 Å². The van der Waals surface area contributed by atoms with Gasteiger partial charge in [-0.2, -0.15) is 0 Å². The zero-order valence-electron chi connectivity index (χ0n) is 24.0. The number of phenolic OH excluding ortho intramolecular Hbond substituents is 1. The minimum Gasteiger partial charge on any atom is -0.507 e. The van der Waals surface area contributed by atoms with E-state index in [2.05, 4.69) is 4.98 Å². The van der Waals surface area contributed by atoms with E-state index in [-0.39, 0.29) is 40.0 Å². The van der Waals surface area contributed by atoms with Gasteiger partial charge in [0.25, 0.3) is 5.56 Å². The molecule has 0 aliphatic carbocycles. The smallest absolute Gasteiger partial charge is 0.281 e. The average molecular weight is 577 g/mol. The van der Waals surface area contributed by atoms with Crippen molar-refractivity contribution < 1.29 is 23.1 Å². The number of rotatable bonds is 3. The molecule has 4 aromatic rings. The molecule has 0 bridgehead atoms. The number of aromatic nitrogens is 2. The standard InChI is InChI=1S/C32H31F3N4O3/c1-15(2)26-27(17(4)11-12-36-26)39-28-18(13-20(34)24(25(28)35)23-19(33)7-6-8-22(23)40)29-30(32(39)42)37(5)31(41)21-10-9-16(3)14-38(21)29/h6-8,11-13,15-16,21,40H,9-10,14H2,1-5H3/t16-,21+/m0/s1. The van der Waals surface area contributed by atoms with Crippen LogP contribution in [0, 0.1) is 30.3 Å². The Hall–Kier alpha value is -4.34. The van der Waals surface area contributed by atoms with Crippen molar-refractivity contribution in [1.82, 2.24) is 9.55 Å². The summed E-state index contributed by atoms with van der Waals surface area (Å²) in [6.07, 6.45) is 2.91. The summed E-state index contributed by atoms with van der Waals surface area (Å²) in [6, 6.07) is 5.54. The van der Waals surface area contributed by atoms with E-state index in [1.54, 1.807) is 24.1 Å². The number of fused-ring (bicyclic) bond motifs is 5. The molecule has 1 fully saturated rings. The normalized spacial score (nSPS) is 18.5. The van der Waals surface area contributed by atoms with Gasteiger partial charge in [-0.1, -0.05) is 26.8 Å². The Bertz CT molecular complexity index is 1830. The molecule has 6 rings (SSSR count). The lowest BCUT2D eigenvalue weighted by molar-refractivity contribution is -0.120. The van der Waals surface area contributed by atoms with Crippen LogP contribution in [0.1, 0.15) is 50.8 Å². The zero-order chi connectivity index (χ0) is 30.2. The highest BCUT2D eigenvalue weighted by Gasteiger charge is 2.43. The average Bonchev–Trinajstić information content (AvgIpc) is 2.93. The molecule has 1 amide bonds. The number of carbonyl (C=O) groups is 1. The van der Waals surface area contributed by atoms with Crippen molar-refractivity contribution in [3.63, 3.8) is 0 Å². The Morgan fingerprint density at radius 2 is 1.74 bits per heavy atom. The Balaban J connectivity index is 1.86. The van der Waals surface area contributed by atoms with Gasteiger partial charge < -0.3 is 14.9 Å². The second-order valence-corrected chi connectivity index (χ2v) is 11.7. The van der Waals surface area contributed by atoms with E-state index in [1.807, 2.05) is 20.8 Å². The Morgan fingerprint density at radius 3 is 2.43 bits per heavy atom. The number of halogens is 3. The highest BCUT2D eigenvalue weighted by atomic mass is 19.1. The summed E-state index contributed by atoms with van der Waals surface area (Å²) in [7, 11) is 1.51. The molecule has 2 aromatic carbocycles. The first-order valence-electron chi connectivity index (χ1n) is 14.0. The van der Waals surface area contributed by atoms with Gasteiger partial charge in [0, 0.05) is 25.2 Å². The van der Waals surface area contributed by atoms with Crippen molar-refractivity contribution >= 4 is 28.2 Å². The predicted octanol–water partition coefficient (Wildman–Crippen LogP) is 6.19. The second kappa shape index (κ2) is 9.89. The number of hydrogen-bond donors (Lipinski definition) is 1. The highest BCUT2D eigenvalue weighted by molar-refractivity contribution is 6.12. The number of pyridine rings is 2. The first-order valence-corrected chi connectivity index (χ1v) is 14.0. The van der Waals surface area contributed by atoms with Gasteiger partial charge in [0.2, 0.25) is 5.91 Å². The van der Waals surface area contributed by atoms with E-state index in [0.717, 1.165) is 29.2 Å². The summed E-state index contributed by atoms with van der Waals surface area (Å²) in [5, 5.41) is 10.6. The van der Waals surface area contributed by atoms with Gasteiger partial charge in [-0.05, 0) is 61.4 Å². The van der Waals surface area contributed by atoms with Crippen LogP contribution < -0.4 is 15.4 Å². The molecule has 2 aliphatic rings. The molecule has 7 nitrogen and oxygen atoms in total.